The van der Waals surface area contributed by atoms with Crippen LogP contribution >= 0.6 is 11.6 Å². The van der Waals surface area contributed by atoms with E-state index in [9.17, 15) is 9.90 Å². The van der Waals surface area contributed by atoms with Crippen LogP contribution in [-0.4, -0.2) is 23.7 Å². The lowest BCUT2D eigenvalue weighted by molar-refractivity contribution is 0.0697. The SMILES string of the molecule is CC(C)N(CC1CC1)c1cccc(Cl)c1C(=O)O. The number of benzene rings is 1. The average molecular weight is 268 g/mol. The summed E-state index contributed by atoms with van der Waals surface area (Å²) in [6.45, 7) is 5.07. The fourth-order valence-electron chi connectivity index (χ4n) is 2.13. The minimum absolute atomic E-state index is 0.216. The first kappa shape index (κ1) is 13.2. The molecular formula is C14H18ClNO2. The third kappa shape index (κ3) is 2.78. The Kier molecular flexibility index (Phi) is 3.81. The van der Waals surface area contributed by atoms with Gasteiger partial charge in [-0.2, -0.15) is 0 Å². The van der Waals surface area contributed by atoms with Crippen LogP contribution in [0.2, 0.25) is 5.02 Å². The van der Waals surface area contributed by atoms with Gasteiger partial charge in [0.2, 0.25) is 0 Å². The van der Waals surface area contributed by atoms with E-state index in [4.69, 9.17) is 11.6 Å². The summed E-state index contributed by atoms with van der Waals surface area (Å²) in [6.07, 6.45) is 2.48. The van der Waals surface area contributed by atoms with E-state index >= 15 is 0 Å². The summed E-state index contributed by atoms with van der Waals surface area (Å²) in [6, 6.07) is 5.55. The van der Waals surface area contributed by atoms with Gasteiger partial charge in [0.15, 0.2) is 0 Å². The number of hydrogen-bond acceptors (Lipinski definition) is 2. The summed E-state index contributed by atoms with van der Waals surface area (Å²) in [7, 11) is 0. The molecular weight excluding hydrogens is 250 g/mol. The zero-order valence-electron chi connectivity index (χ0n) is 10.7. The number of carbonyl (C=O) groups is 1. The van der Waals surface area contributed by atoms with Crippen molar-refractivity contribution >= 4 is 23.3 Å². The summed E-state index contributed by atoms with van der Waals surface area (Å²) >= 11 is 6.02. The van der Waals surface area contributed by atoms with Crippen LogP contribution in [0.1, 0.15) is 37.0 Å². The summed E-state index contributed by atoms with van der Waals surface area (Å²) in [5, 5.41) is 9.62. The van der Waals surface area contributed by atoms with E-state index in [2.05, 4.69) is 18.7 Å². The highest BCUT2D eigenvalue weighted by atomic mass is 35.5. The Morgan fingerprint density at radius 3 is 2.67 bits per heavy atom. The maximum atomic E-state index is 11.4. The number of aromatic carboxylic acids is 1. The lowest BCUT2D eigenvalue weighted by atomic mass is 10.1. The Bertz CT molecular complexity index is 455. The molecule has 1 saturated carbocycles. The van der Waals surface area contributed by atoms with Crippen LogP contribution < -0.4 is 4.90 Å². The number of anilines is 1. The van der Waals surface area contributed by atoms with Crippen LogP contribution in [0.3, 0.4) is 0 Å². The van der Waals surface area contributed by atoms with Crippen molar-refractivity contribution in [2.24, 2.45) is 5.92 Å². The van der Waals surface area contributed by atoms with Crippen molar-refractivity contribution in [2.45, 2.75) is 32.7 Å². The van der Waals surface area contributed by atoms with E-state index in [1.165, 1.54) is 12.8 Å². The van der Waals surface area contributed by atoms with Gasteiger partial charge < -0.3 is 10.0 Å². The van der Waals surface area contributed by atoms with E-state index in [1.807, 2.05) is 12.1 Å². The third-order valence-corrected chi connectivity index (χ3v) is 3.61. The first-order chi connectivity index (χ1) is 8.50. The van der Waals surface area contributed by atoms with Gasteiger partial charge in [-0.25, -0.2) is 4.79 Å². The quantitative estimate of drug-likeness (QED) is 0.885. The van der Waals surface area contributed by atoms with Crippen molar-refractivity contribution in [3.8, 4) is 0 Å². The van der Waals surface area contributed by atoms with E-state index in [0.717, 1.165) is 12.2 Å². The molecule has 0 aliphatic heterocycles. The molecule has 1 aliphatic carbocycles. The van der Waals surface area contributed by atoms with Gasteiger partial charge in [0, 0.05) is 12.6 Å². The van der Waals surface area contributed by atoms with Crippen LogP contribution in [0, 0.1) is 5.92 Å². The minimum Gasteiger partial charge on any atom is -0.478 e. The molecule has 1 aromatic rings. The van der Waals surface area contributed by atoms with Gasteiger partial charge in [-0.15, -0.1) is 0 Å². The van der Waals surface area contributed by atoms with Crippen molar-refractivity contribution in [3.63, 3.8) is 0 Å². The molecule has 1 N–H and O–H groups in total. The van der Waals surface area contributed by atoms with E-state index in [1.54, 1.807) is 6.07 Å². The van der Waals surface area contributed by atoms with Crippen LogP contribution in [0.15, 0.2) is 18.2 Å². The van der Waals surface area contributed by atoms with Crippen LogP contribution in [0.4, 0.5) is 5.69 Å². The molecule has 0 spiro atoms. The molecule has 0 saturated heterocycles. The molecule has 98 valence electrons. The van der Waals surface area contributed by atoms with Gasteiger partial charge in [0.25, 0.3) is 0 Å². The maximum absolute atomic E-state index is 11.4. The monoisotopic (exact) mass is 267 g/mol. The van der Waals surface area contributed by atoms with Crippen molar-refractivity contribution in [1.82, 2.24) is 0 Å². The summed E-state index contributed by atoms with van der Waals surface area (Å²) in [5.41, 5.74) is 0.949. The number of nitrogens with zero attached hydrogens (tertiary/aromatic N) is 1. The highest BCUT2D eigenvalue weighted by Gasteiger charge is 2.28. The topological polar surface area (TPSA) is 40.5 Å². The van der Waals surface area contributed by atoms with E-state index in [0.29, 0.717) is 10.9 Å². The molecule has 0 amide bonds. The fourth-order valence-corrected chi connectivity index (χ4v) is 2.38. The number of carboxylic acid groups (broad SMARTS) is 1. The van der Waals surface area contributed by atoms with Gasteiger partial charge in [0.1, 0.15) is 5.56 Å². The van der Waals surface area contributed by atoms with Crippen molar-refractivity contribution in [2.75, 3.05) is 11.4 Å². The van der Waals surface area contributed by atoms with E-state index in [-0.39, 0.29) is 11.6 Å². The largest absolute Gasteiger partial charge is 0.478 e. The van der Waals surface area contributed by atoms with Crippen LogP contribution in [0.25, 0.3) is 0 Å². The number of carboxylic acids is 1. The molecule has 3 nitrogen and oxygen atoms in total. The van der Waals surface area contributed by atoms with Gasteiger partial charge in [-0.3, -0.25) is 0 Å². The standard InChI is InChI=1S/C14H18ClNO2/c1-9(2)16(8-10-6-7-10)12-5-3-4-11(15)13(12)14(17)18/h3-5,9-10H,6-8H2,1-2H3,(H,17,18). The second-order valence-electron chi connectivity index (χ2n) is 5.13. The maximum Gasteiger partial charge on any atom is 0.339 e. The lowest BCUT2D eigenvalue weighted by Crippen LogP contribution is -2.34. The Balaban J connectivity index is 2.39. The Labute approximate surface area is 112 Å². The Morgan fingerprint density at radius 1 is 1.50 bits per heavy atom. The Hall–Kier alpha value is -1.22. The van der Waals surface area contributed by atoms with Crippen LogP contribution in [0.5, 0.6) is 0 Å². The fraction of sp³-hybridized carbons (Fsp3) is 0.500. The first-order valence-corrected chi connectivity index (χ1v) is 6.67. The van der Waals surface area contributed by atoms with Gasteiger partial charge >= 0.3 is 5.97 Å². The zero-order chi connectivity index (χ0) is 13.3. The minimum atomic E-state index is -0.961. The number of halogens is 1. The lowest BCUT2D eigenvalue weighted by Gasteiger charge is -2.30. The molecule has 1 fully saturated rings. The highest BCUT2D eigenvalue weighted by Crippen LogP contribution is 2.35. The molecule has 1 aliphatic rings. The van der Waals surface area contributed by atoms with Crippen LogP contribution in [-0.2, 0) is 0 Å². The molecule has 18 heavy (non-hydrogen) atoms. The number of rotatable bonds is 5. The zero-order valence-corrected chi connectivity index (χ0v) is 11.4. The molecule has 1 aromatic carbocycles. The average Bonchev–Trinajstić information content (AvgIpc) is 3.08. The first-order valence-electron chi connectivity index (χ1n) is 6.29. The summed E-state index contributed by atoms with van der Waals surface area (Å²) in [5.74, 6) is -0.259. The molecule has 0 bridgehead atoms. The summed E-state index contributed by atoms with van der Waals surface area (Å²) < 4.78 is 0. The van der Waals surface area contributed by atoms with Gasteiger partial charge in [0.05, 0.1) is 10.7 Å². The highest BCUT2D eigenvalue weighted by molar-refractivity contribution is 6.34. The van der Waals surface area contributed by atoms with Crippen molar-refractivity contribution < 1.29 is 9.90 Å². The molecule has 0 aromatic heterocycles. The molecule has 4 heteroatoms. The third-order valence-electron chi connectivity index (χ3n) is 3.29. The number of hydrogen-bond donors (Lipinski definition) is 1. The van der Waals surface area contributed by atoms with E-state index < -0.39 is 5.97 Å². The normalized spacial score (nSPS) is 14.9. The van der Waals surface area contributed by atoms with Crippen molar-refractivity contribution in [1.29, 1.82) is 0 Å². The molecule has 0 radical (unpaired) electrons. The van der Waals surface area contributed by atoms with Crippen molar-refractivity contribution in [3.05, 3.63) is 28.8 Å². The second kappa shape index (κ2) is 5.19. The Morgan fingerprint density at radius 2 is 2.17 bits per heavy atom. The molecule has 0 unspecified atom stereocenters. The van der Waals surface area contributed by atoms with Gasteiger partial charge in [-0.1, -0.05) is 17.7 Å². The smallest absolute Gasteiger partial charge is 0.339 e. The second-order valence-corrected chi connectivity index (χ2v) is 5.54. The predicted octanol–water partition coefficient (Wildman–Crippen LogP) is 3.66. The van der Waals surface area contributed by atoms with Gasteiger partial charge in [-0.05, 0) is 44.7 Å². The summed E-state index contributed by atoms with van der Waals surface area (Å²) in [4.78, 5) is 13.5. The predicted molar refractivity (Wildman–Crippen MR) is 73.6 cm³/mol. The molecule has 2 rings (SSSR count). The molecule has 0 heterocycles. The molecule has 0 atom stereocenters.